The van der Waals surface area contributed by atoms with Crippen molar-refractivity contribution < 1.29 is 9.53 Å². The Kier molecular flexibility index (Phi) is 5.44. The lowest BCUT2D eigenvalue weighted by Gasteiger charge is -2.11. The molecule has 0 fully saturated rings. The predicted octanol–water partition coefficient (Wildman–Crippen LogP) is 2.32. The van der Waals surface area contributed by atoms with E-state index in [4.69, 9.17) is 10.5 Å². The molecule has 0 amide bonds. The molecule has 1 rings (SSSR count). The van der Waals surface area contributed by atoms with Crippen molar-refractivity contribution in [3.05, 3.63) is 27.7 Å². The number of carbonyl (C=O) groups excluding carboxylic acids is 1. The van der Waals surface area contributed by atoms with Crippen LogP contribution in [0.4, 0.5) is 5.69 Å². The molecular formula is C12H17BrN2O2. The van der Waals surface area contributed by atoms with Gasteiger partial charge in [0.15, 0.2) is 0 Å². The average Bonchev–Trinajstić information content (AvgIpc) is 2.31. The summed E-state index contributed by atoms with van der Waals surface area (Å²) in [7, 11) is 0. The molecule has 1 aromatic rings. The van der Waals surface area contributed by atoms with Crippen LogP contribution < -0.4 is 11.1 Å². The van der Waals surface area contributed by atoms with Crippen molar-refractivity contribution in [1.82, 2.24) is 5.32 Å². The van der Waals surface area contributed by atoms with Gasteiger partial charge in [-0.05, 0) is 47.1 Å². The molecule has 0 saturated carbocycles. The summed E-state index contributed by atoms with van der Waals surface area (Å²) < 4.78 is 5.68. The molecule has 0 aliphatic carbocycles. The summed E-state index contributed by atoms with van der Waals surface area (Å²) in [5.41, 5.74) is 7.99. The summed E-state index contributed by atoms with van der Waals surface area (Å²) in [6.45, 7) is 5.64. The number of hydrogen-bond acceptors (Lipinski definition) is 4. The van der Waals surface area contributed by atoms with Crippen LogP contribution in [0.15, 0.2) is 16.6 Å². The van der Waals surface area contributed by atoms with Crippen LogP contribution in [0.3, 0.4) is 0 Å². The van der Waals surface area contributed by atoms with E-state index in [9.17, 15) is 4.79 Å². The number of nitrogens with two attached hydrogens (primary N) is 1. The third-order valence-corrected chi connectivity index (χ3v) is 2.95. The molecule has 17 heavy (non-hydrogen) atoms. The molecule has 5 heteroatoms. The third kappa shape index (κ3) is 3.71. The van der Waals surface area contributed by atoms with E-state index in [2.05, 4.69) is 21.2 Å². The highest BCUT2D eigenvalue weighted by atomic mass is 79.9. The molecule has 0 saturated heterocycles. The van der Waals surface area contributed by atoms with Crippen molar-refractivity contribution in [2.45, 2.75) is 20.4 Å². The Hall–Kier alpha value is -1.07. The first-order valence-corrected chi connectivity index (χ1v) is 6.35. The first kappa shape index (κ1) is 14.0. The predicted molar refractivity (Wildman–Crippen MR) is 71.9 cm³/mol. The number of nitrogen functional groups attached to an aromatic ring is 1. The minimum absolute atomic E-state index is 0.328. The number of benzene rings is 1. The van der Waals surface area contributed by atoms with Crippen LogP contribution in [0.1, 0.15) is 29.8 Å². The van der Waals surface area contributed by atoms with Crippen LogP contribution in [0, 0.1) is 0 Å². The SMILES string of the molecule is CCNCc1cc(C(=O)OCC)cc(Br)c1N. The fraction of sp³-hybridized carbons (Fsp3) is 0.417. The smallest absolute Gasteiger partial charge is 0.338 e. The summed E-state index contributed by atoms with van der Waals surface area (Å²) in [4.78, 5) is 11.6. The molecule has 0 bridgehead atoms. The normalized spacial score (nSPS) is 10.3. The van der Waals surface area contributed by atoms with Gasteiger partial charge in [0.2, 0.25) is 0 Å². The van der Waals surface area contributed by atoms with E-state index in [0.717, 1.165) is 16.6 Å². The molecule has 0 aliphatic rings. The fourth-order valence-electron chi connectivity index (χ4n) is 1.41. The van der Waals surface area contributed by atoms with Gasteiger partial charge >= 0.3 is 5.97 Å². The van der Waals surface area contributed by atoms with Gasteiger partial charge in [0, 0.05) is 11.0 Å². The lowest BCUT2D eigenvalue weighted by Crippen LogP contribution is -2.15. The maximum Gasteiger partial charge on any atom is 0.338 e. The number of hydrogen-bond donors (Lipinski definition) is 2. The Labute approximate surface area is 110 Å². The van der Waals surface area contributed by atoms with E-state index in [-0.39, 0.29) is 5.97 Å². The number of anilines is 1. The van der Waals surface area contributed by atoms with Crippen LogP contribution >= 0.6 is 15.9 Å². The highest BCUT2D eigenvalue weighted by Crippen LogP contribution is 2.26. The first-order chi connectivity index (χ1) is 8.10. The number of esters is 1. The molecule has 0 radical (unpaired) electrons. The van der Waals surface area contributed by atoms with Crippen molar-refractivity contribution in [3.8, 4) is 0 Å². The largest absolute Gasteiger partial charge is 0.462 e. The topological polar surface area (TPSA) is 64.3 Å². The molecule has 0 unspecified atom stereocenters. The van der Waals surface area contributed by atoms with E-state index in [1.54, 1.807) is 19.1 Å². The van der Waals surface area contributed by atoms with Crippen molar-refractivity contribution in [3.63, 3.8) is 0 Å². The Bertz CT molecular complexity index is 408. The van der Waals surface area contributed by atoms with Crippen LogP contribution in [-0.2, 0) is 11.3 Å². The number of nitrogens with one attached hydrogen (secondary N) is 1. The highest BCUT2D eigenvalue weighted by Gasteiger charge is 2.12. The molecule has 3 N–H and O–H groups in total. The number of halogens is 1. The van der Waals surface area contributed by atoms with Gasteiger partial charge in [-0.1, -0.05) is 6.92 Å². The zero-order valence-electron chi connectivity index (χ0n) is 10.0. The van der Waals surface area contributed by atoms with Gasteiger partial charge in [0.25, 0.3) is 0 Å². The van der Waals surface area contributed by atoms with Crippen molar-refractivity contribution in [1.29, 1.82) is 0 Å². The Morgan fingerprint density at radius 3 is 2.76 bits per heavy atom. The standard InChI is InChI=1S/C12H17BrN2O2/c1-3-15-7-9-5-8(12(16)17-4-2)6-10(13)11(9)14/h5-6,15H,3-4,7,14H2,1-2H3. The fourth-order valence-corrected chi connectivity index (χ4v) is 1.91. The maximum atomic E-state index is 11.6. The van der Waals surface area contributed by atoms with Gasteiger partial charge in [0.1, 0.15) is 0 Å². The van der Waals surface area contributed by atoms with Crippen molar-refractivity contribution in [2.24, 2.45) is 0 Å². The Morgan fingerprint density at radius 1 is 1.47 bits per heavy atom. The van der Waals surface area contributed by atoms with E-state index in [1.165, 1.54) is 0 Å². The lowest BCUT2D eigenvalue weighted by molar-refractivity contribution is 0.0526. The summed E-state index contributed by atoms with van der Waals surface area (Å²) in [5, 5.41) is 3.18. The van der Waals surface area contributed by atoms with E-state index in [1.807, 2.05) is 6.92 Å². The van der Waals surface area contributed by atoms with Gasteiger partial charge < -0.3 is 15.8 Å². The summed E-state index contributed by atoms with van der Waals surface area (Å²) >= 11 is 3.35. The highest BCUT2D eigenvalue weighted by molar-refractivity contribution is 9.10. The van der Waals surface area contributed by atoms with Crippen molar-refractivity contribution >= 4 is 27.6 Å². The minimum Gasteiger partial charge on any atom is -0.462 e. The number of ether oxygens (including phenoxy) is 1. The number of carbonyl (C=O) groups is 1. The molecule has 0 aromatic heterocycles. The summed E-state index contributed by atoms with van der Waals surface area (Å²) in [5.74, 6) is -0.328. The average molecular weight is 301 g/mol. The second-order valence-electron chi connectivity index (χ2n) is 3.53. The first-order valence-electron chi connectivity index (χ1n) is 5.55. The molecule has 0 heterocycles. The summed E-state index contributed by atoms with van der Waals surface area (Å²) in [6, 6.07) is 3.45. The Morgan fingerprint density at radius 2 is 2.18 bits per heavy atom. The summed E-state index contributed by atoms with van der Waals surface area (Å²) in [6.07, 6.45) is 0. The maximum absolute atomic E-state index is 11.6. The molecule has 1 aromatic carbocycles. The van der Waals surface area contributed by atoms with Gasteiger partial charge in [0.05, 0.1) is 17.9 Å². The molecule has 0 atom stereocenters. The Balaban J connectivity index is 3.00. The second-order valence-corrected chi connectivity index (χ2v) is 4.39. The van der Waals surface area contributed by atoms with E-state index in [0.29, 0.717) is 24.4 Å². The van der Waals surface area contributed by atoms with Crippen LogP contribution in [0.2, 0.25) is 0 Å². The minimum atomic E-state index is -0.328. The van der Waals surface area contributed by atoms with Crippen LogP contribution in [-0.4, -0.2) is 19.1 Å². The zero-order valence-corrected chi connectivity index (χ0v) is 11.6. The van der Waals surface area contributed by atoms with Gasteiger partial charge in [-0.15, -0.1) is 0 Å². The monoisotopic (exact) mass is 300 g/mol. The molecular weight excluding hydrogens is 284 g/mol. The van der Waals surface area contributed by atoms with Crippen LogP contribution in [0.5, 0.6) is 0 Å². The van der Waals surface area contributed by atoms with E-state index < -0.39 is 0 Å². The van der Waals surface area contributed by atoms with Gasteiger partial charge in [-0.2, -0.15) is 0 Å². The van der Waals surface area contributed by atoms with Gasteiger partial charge in [-0.25, -0.2) is 4.79 Å². The lowest BCUT2D eigenvalue weighted by atomic mass is 10.1. The van der Waals surface area contributed by atoms with Crippen molar-refractivity contribution in [2.75, 3.05) is 18.9 Å². The van der Waals surface area contributed by atoms with Gasteiger partial charge in [-0.3, -0.25) is 0 Å². The second kappa shape index (κ2) is 6.61. The molecule has 0 spiro atoms. The zero-order chi connectivity index (χ0) is 12.8. The third-order valence-electron chi connectivity index (χ3n) is 2.29. The molecule has 0 aliphatic heterocycles. The van der Waals surface area contributed by atoms with Crippen LogP contribution in [0.25, 0.3) is 0 Å². The molecule has 94 valence electrons. The quantitative estimate of drug-likeness (QED) is 0.647. The number of rotatable bonds is 5. The molecule has 4 nitrogen and oxygen atoms in total. The van der Waals surface area contributed by atoms with E-state index >= 15 is 0 Å².